The van der Waals surface area contributed by atoms with Crippen LogP contribution in [0.1, 0.15) is 12.5 Å². The fourth-order valence-electron chi connectivity index (χ4n) is 4.06. The van der Waals surface area contributed by atoms with Crippen molar-refractivity contribution in [1.82, 2.24) is 0 Å². The van der Waals surface area contributed by atoms with Crippen molar-refractivity contribution in [1.29, 1.82) is 0 Å². The van der Waals surface area contributed by atoms with E-state index in [9.17, 15) is 21.6 Å². The molecule has 10 nitrogen and oxygen atoms in total. The van der Waals surface area contributed by atoms with Crippen molar-refractivity contribution in [3.8, 4) is 11.5 Å². The van der Waals surface area contributed by atoms with Gasteiger partial charge in [0.05, 0.1) is 34.9 Å². The summed E-state index contributed by atoms with van der Waals surface area (Å²) in [5.74, 6) is 0.280. The quantitative estimate of drug-likeness (QED) is 0.230. The molecule has 0 aliphatic carbocycles. The number of nitrogens with one attached hydrogen (secondary N) is 2. The van der Waals surface area contributed by atoms with Gasteiger partial charge in [-0.3, -0.25) is 13.8 Å². The SMILES string of the molecule is CCOc1ccc(S(=O)(=O)N(CC(=O)Nc2ccc(S(=O)(=O)Nc3cc(C)ccc3OC)cc2)c2ccccc2)cc1. The fourth-order valence-corrected chi connectivity index (χ4v) is 6.55. The Morgan fingerprint density at radius 1 is 0.833 bits per heavy atom. The van der Waals surface area contributed by atoms with Crippen molar-refractivity contribution >= 4 is 43.0 Å². The highest BCUT2D eigenvalue weighted by Crippen LogP contribution is 2.29. The van der Waals surface area contributed by atoms with Crippen LogP contribution in [-0.2, 0) is 24.8 Å². The first-order chi connectivity index (χ1) is 20.0. The van der Waals surface area contributed by atoms with E-state index in [1.807, 2.05) is 13.8 Å². The first kappa shape index (κ1) is 30.4. The van der Waals surface area contributed by atoms with Gasteiger partial charge in [0.25, 0.3) is 20.0 Å². The number of hydrogen-bond acceptors (Lipinski definition) is 7. The molecule has 0 aliphatic rings. The summed E-state index contributed by atoms with van der Waals surface area (Å²) in [6, 6.07) is 24.9. The number of benzene rings is 4. The number of hydrogen-bond donors (Lipinski definition) is 2. The molecule has 220 valence electrons. The van der Waals surface area contributed by atoms with Gasteiger partial charge in [-0.05, 0) is 92.2 Å². The van der Waals surface area contributed by atoms with Crippen molar-refractivity contribution < 1.29 is 31.1 Å². The van der Waals surface area contributed by atoms with E-state index in [-0.39, 0.29) is 9.79 Å². The molecule has 4 aromatic carbocycles. The standard InChI is InChI=1S/C30H31N3O7S2/c1-4-40-25-13-17-27(18-14-25)42(37,38)33(24-8-6-5-7-9-24)21-30(34)31-23-11-15-26(16-12-23)41(35,36)32-28-20-22(2)10-19-29(28)39-3/h5-20,32H,4,21H2,1-3H3,(H,31,34). The van der Waals surface area contributed by atoms with Crippen LogP contribution >= 0.6 is 0 Å². The van der Waals surface area contributed by atoms with Crippen LogP contribution in [0, 0.1) is 6.92 Å². The van der Waals surface area contributed by atoms with Gasteiger partial charge >= 0.3 is 0 Å². The number of carbonyl (C=O) groups excluding carboxylic acids is 1. The first-order valence-corrected chi connectivity index (χ1v) is 15.8. The van der Waals surface area contributed by atoms with Crippen molar-refractivity contribution in [2.45, 2.75) is 23.6 Å². The monoisotopic (exact) mass is 609 g/mol. The van der Waals surface area contributed by atoms with Gasteiger partial charge in [0.1, 0.15) is 18.0 Å². The Morgan fingerprint density at radius 2 is 1.48 bits per heavy atom. The van der Waals surface area contributed by atoms with E-state index in [1.54, 1.807) is 60.7 Å². The lowest BCUT2D eigenvalue weighted by atomic mass is 10.2. The number of aryl methyl sites for hydroxylation is 1. The number of para-hydroxylation sites is 1. The van der Waals surface area contributed by atoms with Crippen molar-refractivity contribution in [3.63, 3.8) is 0 Å². The number of nitrogens with zero attached hydrogens (tertiary/aromatic N) is 1. The second-order valence-corrected chi connectivity index (χ2v) is 12.7. The number of anilines is 3. The van der Waals surface area contributed by atoms with E-state index < -0.39 is 32.5 Å². The Bertz CT molecular complexity index is 1740. The number of carbonyl (C=O) groups is 1. The molecule has 2 N–H and O–H groups in total. The molecule has 0 spiro atoms. The first-order valence-electron chi connectivity index (χ1n) is 12.9. The van der Waals surface area contributed by atoms with Crippen LogP contribution in [0.15, 0.2) is 107 Å². The third-order valence-corrected chi connectivity index (χ3v) is 9.27. The van der Waals surface area contributed by atoms with E-state index >= 15 is 0 Å². The van der Waals surface area contributed by atoms with E-state index in [4.69, 9.17) is 9.47 Å². The summed E-state index contributed by atoms with van der Waals surface area (Å²) in [5.41, 5.74) is 1.74. The maximum Gasteiger partial charge on any atom is 0.264 e. The fraction of sp³-hybridized carbons (Fsp3) is 0.167. The number of methoxy groups -OCH3 is 1. The van der Waals surface area contributed by atoms with Gasteiger partial charge in [-0.25, -0.2) is 16.8 Å². The number of sulfonamides is 2. The molecule has 4 rings (SSSR count). The summed E-state index contributed by atoms with van der Waals surface area (Å²) in [5, 5.41) is 2.65. The topological polar surface area (TPSA) is 131 Å². The zero-order valence-electron chi connectivity index (χ0n) is 23.3. The number of amides is 1. The zero-order valence-corrected chi connectivity index (χ0v) is 24.9. The lowest BCUT2D eigenvalue weighted by molar-refractivity contribution is -0.114. The Balaban J connectivity index is 1.51. The average molecular weight is 610 g/mol. The molecule has 0 fully saturated rings. The number of rotatable bonds is 12. The van der Waals surface area contributed by atoms with Crippen LogP contribution in [-0.4, -0.2) is 43.0 Å². The molecule has 0 heterocycles. The molecule has 0 atom stereocenters. The molecule has 0 saturated heterocycles. The second-order valence-electron chi connectivity index (χ2n) is 9.13. The summed E-state index contributed by atoms with van der Waals surface area (Å²) in [6.45, 7) is 3.57. The Morgan fingerprint density at radius 3 is 2.10 bits per heavy atom. The lowest BCUT2D eigenvalue weighted by Gasteiger charge is -2.24. The molecular formula is C30H31N3O7S2. The average Bonchev–Trinajstić information content (AvgIpc) is 2.97. The summed E-state index contributed by atoms with van der Waals surface area (Å²) in [4.78, 5) is 13.0. The largest absolute Gasteiger partial charge is 0.495 e. The molecule has 4 aromatic rings. The smallest absolute Gasteiger partial charge is 0.264 e. The zero-order chi connectivity index (χ0) is 30.3. The van der Waals surface area contributed by atoms with Gasteiger partial charge in [-0.1, -0.05) is 24.3 Å². The van der Waals surface area contributed by atoms with E-state index in [1.165, 1.54) is 43.5 Å². The third kappa shape index (κ3) is 7.20. The van der Waals surface area contributed by atoms with Crippen molar-refractivity contribution in [2.75, 3.05) is 34.6 Å². The molecule has 12 heteroatoms. The minimum Gasteiger partial charge on any atom is -0.495 e. The molecular weight excluding hydrogens is 578 g/mol. The maximum absolute atomic E-state index is 13.6. The molecule has 0 aromatic heterocycles. The minimum atomic E-state index is -4.12. The normalized spacial score (nSPS) is 11.4. The van der Waals surface area contributed by atoms with Gasteiger partial charge in [0.15, 0.2) is 0 Å². The highest BCUT2D eigenvalue weighted by Gasteiger charge is 2.27. The number of ether oxygens (including phenoxy) is 2. The third-order valence-electron chi connectivity index (χ3n) is 6.10. The minimum absolute atomic E-state index is 0.00472. The van der Waals surface area contributed by atoms with Gasteiger partial charge < -0.3 is 14.8 Å². The van der Waals surface area contributed by atoms with Crippen LogP contribution in [0.2, 0.25) is 0 Å². The van der Waals surface area contributed by atoms with Gasteiger partial charge in [-0.2, -0.15) is 0 Å². The van der Waals surface area contributed by atoms with Gasteiger partial charge in [-0.15, -0.1) is 0 Å². The molecule has 0 bridgehead atoms. The van der Waals surface area contributed by atoms with Gasteiger partial charge in [0, 0.05) is 5.69 Å². The van der Waals surface area contributed by atoms with Crippen LogP contribution < -0.4 is 23.8 Å². The lowest BCUT2D eigenvalue weighted by Crippen LogP contribution is -2.38. The molecule has 0 saturated carbocycles. The van der Waals surface area contributed by atoms with Crippen LogP contribution in [0.5, 0.6) is 11.5 Å². The summed E-state index contributed by atoms with van der Waals surface area (Å²) in [7, 11) is -6.63. The van der Waals surface area contributed by atoms with Crippen molar-refractivity contribution in [3.05, 3.63) is 103 Å². The van der Waals surface area contributed by atoms with Crippen LogP contribution in [0.3, 0.4) is 0 Å². The Labute approximate surface area is 246 Å². The molecule has 0 aliphatic heterocycles. The summed E-state index contributed by atoms with van der Waals surface area (Å²) >= 11 is 0. The van der Waals surface area contributed by atoms with E-state index in [0.29, 0.717) is 35.2 Å². The highest BCUT2D eigenvalue weighted by molar-refractivity contribution is 7.93. The van der Waals surface area contributed by atoms with Crippen LogP contribution in [0.4, 0.5) is 17.1 Å². The van der Waals surface area contributed by atoms with Gasteiger partial charge in [0.2, 0.25) is 5.91 Å². The molecule has 0 unspecified atom stereocenters. The highest BCUT2D eigenvalue weighted by atomic mass is 32.2. The van der Waals surface area contributed by atoms with Crippen molar-refractivity contribution in [2.24, 2.45) is 0 Å². The van der Waals surface area contributed by atoms with E-state index in [0.717, 1.165) is 9.87 Å². The predicted octanol–water partition coefficient (Wildman–Crippen LogP) is 5.04. The Kier molecular flexibility index (Phi) is 9.38. The molecule has 0 radical (unpaired) electrons. The predicted molar refractivity (Wildman–Crippen MR) is 162 cm³/mol. The molecule has 1 amide bonds. The van der Waals surface area contributed by atoms with Crippen LogP contribution in [0.25, 0.3) is 0 Å². The Hall–Kier alpha value is -4.55. The second kappa shape index (κ2) is 13.0. The van der Waals surface area contributed by atoms with E-state index in [2.05, 4.69) is 10.0 Å². The maximum atomic E-state index is 13.6. The summed E-state index contributed by atoms with van der Waals surface area (Å²) in [6.07, 6.45) is 0. The summed E-state index contributed by atoms with van der Waals surface area (Å²) < 4.78 is 67.3. The molecule has 42 heavy (non-hydrogen) atoms.